The molecule has 0 amide bonds. The molecule has 0 atom stereocenters. The molecule has 0 aromatic heterocycles. The molecule has 59 valence electrons. The van der Waals surface area contributed by atoms with E-state index in [9.17, 15) is 0 Å². The monoisotopic (exact) mass is 275 g/mol. The van der Waals surface area contributed by atoms with Gasteiger partial charge in [0, 0.05) is 0 Å². The van der Waals surface area contributed by atoms with E-state index in [1.54, 1.807) is 0 Å². The first-order chi connectivity index (χ1) is 5.24. The van der Waals surface area contributed by atoms with Crippen LogP contribution in [0.3, 0.4) is 0 Å². The molecule has 0 heterocycles. The van der Waals surface area contributed by atoms with Gasteiger partial charge < -0.3 is 0 Å². The van der Waals surface area contributed by atoms with Gasteiger partial charge in [-0.2, -0.15) is 0 Å². The lowest BCUT2D eigenvalue weighted by molar-refractivity contribution is 1.24. The highest BCUT2D eigenvalue weighted by Gasteiger charge is 2.01. The van der Waals surface area contributed by atoms with Crippen LogP contribution in [0, 0.1) is 6.92 Å². The number of rotatable bonds is 2. The van der Waals surface area contributed by atoms with Crippen molar-refractivity contribution in [3.8, 4) is 0 Å². The van der Waals surface area contributed by atoms with E-state index in [4.69, 9.17) is 0 Å². The number of benzene rings is 1. The first-order valence-electron chi connectivity index (χ1n) is 3.40. The molecule has 0 aliphatic carbocycles. The van der Waals surface area contributed by atoms with Gasteiger partial charge in [-0.3, -0.25) is 0 Å². The fraction of sp³-hybridized carbons (Fsp3) is 0.222. The average molecular weight is 277 g/mol. The SMILES string of the molecule is [CH2]Cc1cccc(C(Br)Br)c1. The summed E-state index contributed by atoms with van der Waals surface area (Å²) in [7, 11) is 0. The van der Waals surface area contributed by atoms with Crippen LogP contribution in [-0.4, -0.2) is 0 Å². The maximum atomic E-state index is 3.83. The lowest BCUT2D eigenvalue weighted by Gasteiger charge is -2.03. The molecule has 0 unspecified atom stereocenters. The summed E-state index contributed by atoms with van der Waals surface area (Å²) in [4.78, 5) is 0. The summed E-state index contributed by atoms with van der Waals surface area (Å²) < 4.78 is 0.251. The Morgan fingerprint density at radius 1 is 1.36 bits per heavy atom. The van der Waals surface area contributed by atoms with Gasteiger partial charge >= 0.3 is 0 Å². The summed E-state index contributed by atoms with van der Waals surface area (Å²) in [5.74, 6) is 0. The molecule has 0 spiro atoms. The van der Waals surface area contributed by atoms with Gasteiger partial charge in [0.05, 0.1) is 3.74 Å². The Hall–Kier alpha value is 0.180. The average Bonchev–Trinajstić information content (AvgIpc) is 2.05. The lowest BCUT2D eigenvalue weighted by atomic mass is 10.1. The van der Waals surface area contributed by atoms with E-state index >= 15 is 0 Å². The zero-order valence-electron chi connectivity index (χ0n) is 6.06. The Morgan fingerprint density at radius 3 is 2.64 bits per heavy atom. The molecular weight excluding hydrogens is 268 g/mol. The molecular formula is C9H9Br2. The number of halogens is 2. The molecule has 1 aromatic rings. The zero-order valence-corrected chi connectivity index (χ0v) is 9.23. The highest BCUT2D eigenvalue weighted by atomic mass is 79.9. The second kappa shape index (κ2) is 4.27. The van der Waals surface area contributed by atoms with Crippen molar-refractivity contribution in [2.75, 3.05) is 0 Å². The van der Waals surface area contributed by atoms with Gasteiger partial charge in [0.15, 0.2) is 0 Å². The Bertz CT molecular complexity index is 231. The third-order valence-corrected chi connectivity index (χ3v) is 2.55. The molecule has 1 aromatic carbocycles. The quantitative estimate of drug-likeness (QED) is 0.720. The van der Waals surface area contributed by atoms with Crippen molar-refractivity contribution in [2.24, 2.45) is 0 Å². The van der Waals surface area contributed by atoms with Crippen molar-refractivity contribution in [3.63, 3.8) is 0 Å². The number of hydrogen-bond acceptors (Lipinski definition) is 0. The highest BCUT2D eigenvalue weighted by molar-refractivity contribution is 9.24. The van der Waals surface area contributed by atoms with E-state index in [-0.39, 0.29) is 3.74 Å². The van der Waals surface area contributed by atoms with Gasteiger partial charge in [-0.05, 0) is 24.5 Å². The summed E-state index contributed by atoms with van der Waals surface area (Å²) >= 11 is 6.88. The summed E-state index contributed by atoms with van der Waals surface area (Å²) in [6.45, 7) is 3.83. The van der Waals surface area contributed by atoms with Crippen LogP contribution in [0.5, 0.6) is 0 Å². The molecule has 1 rings (SSSR count). The number of alkyl halides is 2. The van der Waals surface area contributed by atoms with Gasteiger partial charge in [-0.1, -0.05) is 56.1 Å². The zero-order chi connectivity index (χ0) is 8.27. The Kier molecular flexibility index (Phi) is 3.60. The van der Waals surface area contributed by atoms with Crippen molar-refractivity contribution >= 4 is 31.9 Å². The van der Waals surface area contributed by atoms with E-state index in [1.807, 2.05) is 6.07 Å². The minimum atomic E-state index is 0.251. The summed E-state index contributed by atoms with van der Waals surface area (Å²) in [6, 6.07) is 8.35. The third-order valence-electron chi connectivity index (χ3n) is 1.49. The van der Waals surface area contributed by atoms with Gasteiger partial charge in [0.1, 0.15) is 0 Å². The van der Waals surface area contributed by atoms with E-state index in [1.165, 1.54) is 11.1 Å². The molecule has 1 radical (unpaired) electrons. The second-order valence-electron chi connectivity index (χ2n) is 2.30. The molecule has 0 fully saturated rings. The minimum absolute atomic E-state index is 0.251. The van der Waals surface area contributed by atoms with E-state index < -0.39 is 0 Å². The maximum absolute atomic E-state index is 3.83. The normalized spacial score (nSPS) is 10.5. The Labute approximate surface area is 84.3 Å². The molecule has 0 aliphatic heterocycles. The van der Waals surface area contributed by atoms with Crippen LogP contribution in [0.15, 0.2) is 24.3 Å². The first kappa shape index (κ1) is 9.27. The topological polar surface area (TPSA) is 0 Å². The number of hydrogen-bond donors (Lipinski definition) is 0. The van der Waals surface area contributed by atoms with Crippen LogP contribution < -0.4 is 0 Å². The Morgan fingerprint density at radius 2 is 2.09 bits per heavy atom. The maximum Gasteiger partial charge on any atom is 0.0946 e. The third kappa shape index (κ3) is 2.60. The molecule has 11 heavy (non-hydrogen) atoms. The predicted molar refractivity (Wildman–Crippen MR) is 56.1 cm³/mol. The van der Waals surface area contributed by atoms with Crippen molar-refractivity contribution < 1.29 is 0 Å². The smallest absolute Gasteiger partial charge is 0.0712 e. The fourth-order valence-corrected chi connectivity index (χ4v) is 1.45. The van der Waals surface area contributed by atoms with Crippen LogP contribution in [0.25, 0.3) is 0 Å². The van der Waals surface area contributed by atoms with Gasteiger partial charge in [0.2, 0.25) is 0 Å². The van der Waals surface area contributed by atoms with E-state index in [2.05, 4.69) is 57.0 Å². The van der Waals surface area contributed by atoms with Crippen LogP contribution >= 0.6 is 31.9 Å². The Balaban J connectivity index is 2.91. The van der Waals surface area contributed by atoms with Crippen LogP contribution in [0.2, 0.25) is 0 Å². The molecule has 0 nitrogen and oxygen atoms in total. The summed E-state index contributed by atoms with van der Waals surface area (Å²) in [5.41, 5.74) is 2.51. The van der Waals surface area contributed by atoms with Crippen LogP contribution in [0.4, 0.5) is 0 Å². The first-order valence-corrected chi connectivity index (χ1v) is 5.23. The largest absolute Gasteiger partial charge is 0.0946 e. The summed E-state index contributed by atoms with van der Waals surface area (Å²) in [5, 5.41) is 0. The van der Waals surface area contributed by atoms with Gasteiger partial charge in [-0.15, -0.1) is 0 Å². The second-order valence-corrected chi connectivity index (χ2v) is 5.36. The van der Waals surface area contributed by atoms with Crippen LogP contribution in [-0.2, 0) is 6.42 Å². The lowest BCUT2D eigenvalue weighted by Crippen LogP contribution is -1.84. The van der Waals surface area contributed by atoms with Crippen LogP contribution in [0.1, 0.15) is 14.9 Å². The van der Waals surface area contributed by atoms with E-state index in [0.29, 0.717) is 0 Å². The van der Waals surface area contributed by atoms with Crippen molar-refractivity contribution in [1.82, 2.24) is 0 Å². The molecule has 0 saturated carbocycles. The molecule has 0 N–H and O–H groups in total. The highest BCUT2D eigenvalue weighted by Crippen LogP contribution is 2.29. The van der Waals surface area contributed by atoms with Crippen molar-refractivity contribution in [2.45, 2.75) is 10.2 Å². The van der Waals surface area contributed by atoms with E-state index in [0.717, 1.165) is 6.42 Å². The standard InChI is InChI=1S/C9H9Br2/c1-2-7-4-3-5-8(6-7)9(10)11/h3-6,9H,1-2H2. The fourth-order valence-electron chi connectivity index (χ4n) is 0.884. The van der Waals surface area contributed by atoms with Gasteiger partial charge in [0.25, 0.3) is 0 Å². The van der Waals surface area contributed by atoms with Crippen molar-refractivity contribution in [1.29, 1.82) is 0 Å². The van der Waals surface area contributed by atoms with Crippen molar-refractivity contribution in [3.05, 3.63) is 42.3 Å². The summed E-state index contributed by atoms with van der Waals surface area (Å²) in [6.07, 6.45) is 0.848. The minimum Gasteiger partial charge on any atom is -0.0712 e. The molecule has 0 bridgehead atoms. The molecule has 2 heteroatoms. The molecule has 0 saturated heterocycles. The van der Waals surface area contributed by atoms with Gasteiger partial charge in [-0.25, -0.2) is 0 Å². The molecule has 0 aliphatic rings. The predicted octanol–water partition coefficient (Wildman–Crippen LogP) is 3.85.